The second kappa shape index (κ2) is 6.65. The lowest BCUT2D eigenvalue weighted by atomic mass is 9.92. The summed E-state index contributed by atoms with van der Waals surface area (Å²) in [6, 6.07) is 0. The molecule has 112 valence electrons. The molecule has 0 aromatic carbocycles. The number of hydrogen-bond donors (Lipinski definition) is 1. The fourth-order valence-electron chi connectivity index (χ4n) is 2.30. The summed E-state index contributed by atoms with van der Waals surface area (Å²) in [7, 11) is 0. The number of anilines is 1. The molecule has 2 rings (SSSR count). The molecule has 0 unspecified atom stereocenters. The normalized spacial score (nSPS) is 17.9. The molecule has 1 aromatic heterocycles. The van der Waals surface area contributed by atoms with Crippen molar-refractivity contribution in [2.75, 3.05) is 24.7 Å². The smallest absolute Gasteiger partial charge is 0.225 e. The van der Waals surface area contributed by atoms with Gasteiger partial charge < -0.3 is 10.1 Å². The number of thiazole rings is 1. The summed E-state index contributed by atoms with van der Waals surface area (Å²) in [5.74, 6) is 0.0396. The highest BCUT2D eigenvalue weighted by atomic mass is 32.1. The van der Waals surface area contributed by atoms with E-state index in [4.69, 9.17) is 4.74 Å². The van der Waals surface area contributed by atoms with E-state index in [9.17, 15) is 4.79 Å². The van der Waals surface area contributed by atoms with Crippen molar-refractivity contribution in [1.29, 1.82) is 0 Å². The van der Waals surface area contributed by atoms with Gasteiger partial charge in [-0.3, -0.25) is 9.69 Å². The molecule has 0 atom stereocenters. The largest absolute Gasteiger partial charge is 0.381 e. The topological polar surface area (TPSA) is 54.5 Å². The Morgan fingerprint density at radius 2 is 2.25 bits per heavy atom. The van der Waals surface area contributed by atoms with Crippen molar-refractivity contribution in [1.82, 2.24) is 10.3 Å². The van der Waals surface area contributed by atoms with Gasteiger partial charge in [-0.25, -0.2) is 4.98 Å². The first kappa shape index (κ1) is 15.4. The third-order valence-corrected chi connectivity index (χ3v) is 4.67. The number of hydrogen-bond acceptors (Lipinski definition) is 5. The minimum absolute atomic E-state index is 0.0396. The third kappa shape index (κ3) is 3.77. The van der Waals surface area contributed by atoms with E-state index in [-0.39, 0.29) is 11.4 Å². The van der Waals surface area contributed by atoms with Gasteiger partial charge in [0.05, 0.1) is 5.69 Å². The number of ether oxygens (including phenoxy) is 1. The van der Waals surface area contributed by atoms with Crippen LogP contribution in [0.15, 0.2) is 5.38 Å². The SMILES string of the molecule is CCN(C(C)=O)c1nc(CNC2(C)CCOCC2)cs1. The second-order valence-electron chi connectivity index (χ2n) is 5.41. The van der Waals surface area contributed by atoms with Crippen LogP contribution < -0.4 is 10.2 Å². The number of nitrogens with zero attached hydrogens (tertiary/aromatic N) is 2. The maximum atomic E-state index is 11.5. The highest BCUT2D eigenvalue weighted by molar-refractivity contribution is 7.14. The van der Waals surface area contributed by atoms with Crippen LogP contribution >= 0.6 is 11.3 Å². The van der Waals surface area contributed by atoms with Crippen molar-refractivity contribution in [2.45, 2.75) is 45.7 Å². The third-order valence-electron chi connectivity index (χ3n) is 3.76. The van der Waals surface area contributed by atoms with Crippen LogP contribution in [-0.4, -0.2) is 36.2 Å². The highest BCUT2D eigenvalue weighted by Gasteiger charge is 2.26. The van der Waals surface area contributed by atoms with Gasteiger partial charge in [0, 0.05) is 44.1 Å². The number of nitrogens with one attached hydrogen (secondary N) is 1. The van der Waals surface area contributed by atoms with Crippen molar-refractivity contribution in [3.63, 3.8) is 0 Å². The average molecular weight is 297 g/mol. The summed E-state index contributed by atoms with van der Waals surface area (Å²) in [6.07, 6.45) is 2.05. The Labute approximate surface area is 124 Å². The number of carbonyl (C=O) groups excluding carboxylic acids is 1. The Bertz CT molecular complexity index is 455. The lowest BCUT2D eigenvalue weighted by molar-refractivity contribution is -0.116. The Morgan fingerprint density at radius 1 is 1.55 bits per heavy atom. The molecule has 1 amide bonds. The first-order valence-corrected chi connectivity index (χ1v) is 7.97. The van der Waals surface area contributed by atoms with Crippen molar-refractivity contribution < 1.29 is 9.53 Å². The van der Waals surface area contributed by atoms with Crippen LogP contribution in [0.25, 0.3) is 0 Å². The second-order valence-corrected chi connectivity index (χ2v) is 6.25. The van der Waals surface area contributed by atoms with Crippen molar-refractivity contribution in [2.24, 2.45) is 0 Å². The molecule has 1 saturated heterocycles. The summed E-state index contributed by atoms with van der Waals surface area (Å²) in [6.45, 7) is 8.80. The zero-order valence-corrected chi connectivity index (χ0v) is 13.3. The van der Waals surface area contributed by atoms with Gasteiger partial charge >= 0.3 is 0 Å². The molecule has 0 spiro atoms. The van der Waals surface area contributed by atoms with Gasteiger partial charge in [-0.1, -0.05) is 0 Å². The number of rotatable bonds is 5. The minimum Gasteiger partial charge on any atom is -0.381 e. The molecule has 5 nitrogen and oxygen atoms in total. The molecule has 0 radical (unpaired) electrons. The molecule has 6 heteroatoms. The van der Waals surface area contributed by atoms with Crippen LogP contribution in [0.3, 0.4) is 0 Å². The van der Waals surface area contributed by atoms with Gasteiger partial charge in [0.15, 0.2) is 5.13 Å². The van der Waals surface area contributed by atoms with Gasteiger partial charge in [-0.05, 0) is 26.7 Å². The van der Waals surface area contributed by atoms with Crippen LogP contribution in [0, 0.1) is 0 Å². The monoisotopic (exact) mass is 297 g/mol. The molecular formula is C14H23N3O2S. The molecule has 20 heavy (non-hydrogen) atoms. The first-order chi connectivity index (χ1) is 9.54. The maximum Gasteiger partial charge on any atom is 0.225 e. The molecule has 1 N–H and O–H groups in total. The van der Waals surface area contributed by atoms with Gasteiger partial charge in [0.1, 0.15) is 0 Å². The van der Waals surface area contributed by atoms with Crippen LogP contribution in [0.2, 0.25) is 0 Å². The van der Waals surface area contributed by atoms with E-state index >= 15 is 0 Å². The van der Waals surface area contributed by atoms with E-state index in [0.29, 0.717) is 6.54 Å². The van der Waals surface area contributed by atoms with Gasteiger partial charge in [-0.2, -0.15) is 0 Å². The quantitative estimate of drug-likeness (QED) is 0.905. The van der Waals surface area contributed by atoms with E-state index in [2.05, 4.69) is 17.2 Å². The zero-order valence-electron chi connectivity index (χ0n) is 12.4. The standard InChI is InChI=1S/C14H23N3O2S/c1-4-17(11(2)18)13-16-12(10-20-13)9-15-14(3)5-7-19-8-6-14/h10,15H,4-9H2,1-3H3. The fourth-order valence-corrected chi connectivity index (χ4v) is 3.23. The van der Waals surface area contributed by atoms with E-state index < -0.39 is 0 Å². The predicted molar refractivity (Wildman–Crippen MR) is 81.1 cm³/mol. The first-order valence-electron chi connectivity index (χ1n) is 7.09. The number of carbonyl (C=O) groups is 1. The van der Waals surface area contributed by atoms with E-state index in [1.807, 2.05) is 12.3 Å². The minimum atomic E-state index is 0.0396. The lowest BCUT2D eigenvalue weighted by Crippen LogP contribution is -2.46. The van der Waals surface area contributed by atoms with Gasteiger partial charge in [0.2, 0.25) is 5.91 Å². The Morgan fingerprint density at radius 3 is 2.85 bits per heavy atom. The molecule has 0 bridgehead atoms. The molecule has 0 aliphatic carbocycles. The van der Waals surface area contributed by atoms with Crippen molar-refractivity contribution in [3.8, 4) is 0 Å². The van der Waals surface area contributed by atoms with Crippen LogP contribution in [-0.2, 0) is 16.1 Å². The summed E-state index contributed by atoms with van der Waals surface area (Å²) >= 11 is 1.53. The van der Waals surface area contributed by atoms with E-state index in [1.165, 1.54) is 11.3 Å². The molecule has 1 aliphatic rings. The molecule has 2 heterocycles. The van der Waals surface area contributed by atoms with Crippen molar-refractivity contribution in [3.05, 3.63) is 11.1 Å². The number of aromatic nitrogens is 1. The molecule has 0 saturated carbocycles. The summed E-state index contributed by atoms with van der Waals surface area (Å²) in [5.41, 5.74) is 1.13. The fraction of sp³-hybridized carbons (Fsp3) is 0.714. The predicted octanol–water partition coefficient (Wildman–Crippen LogP) is 2.17. The Kier molecular flexibility index (Phi) is 5.12. The van der Waals surface area contributed by atoms with E-state index in [0.717, 1.165) is 43.4 Å². The van der Waals surface area contributed by atoms with Gasteiger partial charge in [-0.15, -0.1) is 11.3 Å². The average Bonchev–Trinajstić information content (AvgIpc) is 2.86. The molecule has 1 aromatic rings. The summed E-state index contributed by atoms with van der Waals surface area (Å²) < 4.78 is 5.40. The Hall–Kier alpha value is -0.980. The molecule has 1 aliphatic heterocycles. The van der Waals surface area contributed by atoms with Crippen LogP contribution in [0.4, 0.5) is 5.13 Å². The van der Waals surface area contributed by atoms with Crippen LogP contribution in [0.5, 0.6) is 0 Å². The maximum absolute atomic E-state index is 11.5. The number of amides is 1. The van der Waals surface area contributed by atoms with Crippen molar-refractivity contribution >= 4 is 22.4 Å². The van der Waals surface area contributed by atoms with Crippen LogP contribution in [0.1, 0.15) is 39.3 Å². The highest BCUT2D eigenvalue weighted by Crippen LogP contribution is 2.23. The Balaban J connectivity index is 1.94. The lowest BCUT2D eigenvalue weighted by Gasteiger charge is -2.34. The summed E-state index contributed by atoms with van der Waals surface area (Å²) in [5, 5.41) is 6.38. The summed E-state index contributed by atoms with van der Waals surface area (Å²) in [4.78, 5) is 17.8. The van der Waals surface area contributed by atoms with Gasteiger partial charge in [0.25, 0.3) is 0 Å². The molecule has 1 fully saturated rings. The van der Waals surface area contributed by atoms with E-state index in [1.54, 1.807) is 11.8 Å². The zero-order chi connectivity index (χ0) is 14.6. The molecular weight excluding hydrogens is 274 g/mol.